The van der Waals surface area contributed by atoms with E-state index in [4.69, 9.17) is 13.9 Å². The molecule has 0 bridgehead atoms. The second-order valence-corrected chi connectivity index (χ2v) is 7.17. The fourth-order valence-corrected chi connectivity index (χ4v) is 3.75. The first-order chi connectivity index (χ1) is 11.6. The van der Waals surface area contributed by atoms with Crippen LogP contribution in [0, 0.1) is 5.41 Å². The highest BCUT2D eigenvalue weighted by atomic mass is 16.5. The van der Waals surface area contributed by atoms with Crippen LogP contribution in [-0.4, -0.2) is 75.4 Å². The number of carbonyl (C=O) groups excluding carboxylic acids is 1. The molecule has 2 fully saturated rings. The van der Waals surface area contributed by atoms with Gasteiger partial charge in [0, 0.05) is 31.7 Å². The minimum Gasteiger partial charge on any atom is -0.459 e. The standard InChI is InChI=1S/C18H28N2O4/c1-19(2)9-12-22-14-18-7-4-11-24-16(18)6-8-20(13-18)17(21)15-5-3-10-23-15/h3,5,10,16H,4,6-9,11-14H2,1-2H3/t16-,18-/m0/s1. The Morgan fingerprint density at radius 1 is 1.50 bits per heavy atom. The maximum absolute atomic E-state index is 12.6. The van der Waals surface area contributed by atoms with Crippen molar-refractivity contribution in [1.82, 2.24) is 9.80 Å². The molecule has 2 saturated heterocycles. The van der Waals surface area contributed by atoms with Gasteiger partial charge in [-0.3, -0.25) is 4.79 Å². The van der Waals surface area contributed by atoms with Crippen molar-refractivity contribution in [3.8, 4) is 0 Å². The zero-order chi connectivity index (χ0) is 17.0. The molecule has 0 aromatic carbocycles. The van der Waals surface area contributed by atoms with Crippen LogP contribution in [0.15, 0.2) is 22.8 Å². The van der Waals surface area contributed by atoms with E-state index < -0.39 is 0 Å². The largest absolute Gasteiger partial charge is 0.459 e. The molecule has 1 aromatic heterocycles. The number of hydrogen-bond acceptors (Lipinski definition) is 5. The quantitative estimate of drug-likeness (QED) is 0.742. The van der Waals surface area contributed by atoms with Crippen LogP contribution in [0.5, 0.6) is 0 Å². The molecule has 3 heterocycles. The molecule has 0 saturated carbocycles. The zero-order valence-electron chi connectivity index (χ0n) is 14.7. The molecule has 2 aliphatic heterocycles. The molecular formula is C18H28N2O4. The number of nitrogens with zero attached hydrogens (tertiary/aromatic N) is 2. The van der Waals surface area contributed by atoms with Gasteiger partial charge in [-0.15, -0.1) is 0 Å². The summed E-state index contributed by atoms with van der Waals surface area (Å²) in [5.74, 6) is 0.380. The highest BCUT2D eigenvalue weighted by molar-refractivity contribution is 5.91. The first kappa shape index (κ1) is 17.5. The first-order valence-corrected chi connectivity index (χ1v) is 8.78. The van der Waals surface area contributed by atoms with Crippen molar-refractivity contribution in [2.75, 3.05) is 53.6 Å². The summed E-state index contributed by atoms with van der Waals surface area (Å²) in [6, 6.07) is 3.48. The molecule has 0 spiro atoms. The number of furan rings is 1. The Bertz CT molecular complexity index is 531. The number of amides is 1. The lowest BCUT2D eigenvalue weighted by molar-refractivity contribution is -0.147. The van der Waals surface area contributed by atoms with Gasteiger partial charge in [0.05, 0.1) is 25.6 Å². The summed E-state index contributed by atoms with van der Waals surface area (Å²) >= 11 is 0. The molecule has 3 rings (SSSR count). The second-order valence-electron chi connectivity index (χ2n) is 7.17. The molecule has 6 nitrogen and oxygen atoms in total. The normalized spacial score (nSPS) is 27.3. The summed E-state index contributed by atoms with van der Waals surface area (Å²) in [7, 11) is 4.08. The number of piperidine rings is 1. The van der Waals surface area contributed by atoms with Gasteiger partial charge in [-0.2, -0.15) is 0 Å². The van der Waals surface area contributed by atoms with Gasteiger partial charge in [-0.25, -0.2) is 0 Å². The number of likely N-dealkylation sites (N-methyl/N-ethyl adjacent to an activating group) is 1. The number of ether oxygens (including phenoxy) is 2. The molecule has 0 N–H and O–H groups in total. The molecule has 6 heteroatoms. The molecule has 2 aliphatic rings. The number of carbonyl (C=O) groups is 1. The third-order valence-corrected chi connectivity index (χ3v) is 5.08. The minimum absolute atomic E-state index is 0.0308. The maximum atomic E-state index is 12.6. The zero-order valence-corrected chi connectivity index (χ0v) is 14.7. The highest BCUT2D eigenvalue weighted by Gasteiger charge is 2.47. The van der Waals surface area contributed by atoms with Crippen molar-refractivity contribution in [3.05, 3.63) is 24.2 Å². The second kappa shape index (κ2) is 7.68. The van der Waals surface area contributed by atoms with Gasteiger partial charge >= 0.3 is 0 Å². The molecular weight excluding hydrogens is 308 g/mol. The topological polar surface area (TPSA) is 55.2 Å². The van der Waals surface area contributed by atoms with Crippen molar-refractivity contribution in [2.24, 2.45) is 5.41 Å². The molecule has 24 heavy (non-hydrogen) atoms. The monoisotopic (exact) mass is 336 g/mol. The number of rotatable bonds is 6. The number of hydrogen-bond donors (Lipinski definition) is 0. The van der Waals surface area contributed by atoms with Crippen molar-refractivity contribution in [2.45, 2.75) is 25.4 Å². The van der Waals surface area contributed by atoms with Crippen LogP contribution in [0.25, 0.3) is 0 Å². The number of likely N-dealkylation sites (tertiary alicyclic amines) is 1. The van der Waals surface area contributed by atoms with Gasteiger partial charge in [0.15, 0.2) is 5.76 Å². The fraction of sp³-hybridized carbons (Fsp3) is 0.722. The van der Waals surface area contributed by atoms with E-state index in [1.807, 2.05) is 19.0 Å². The summed E-state index contributed by atoms with van der Waals surface area (Å²) < 4.78 is 17.3. The molecule has 2 atom stereocenters. The van der Waals surface area contributed by atoms with E-state index in [0.717, 1.165) is 32.4 Å². The average Bonchev–Trinajstić information content (AvgIpc) is 3.12. The van der Waals surface area contributed by atoms with Gasteiger partial charge in [0.25, 0.3) is 5.91 Å². The SMILES string of the molecule is CN(C)CCOC[C@@]12CCCO[C@H]1CCN(C(=O)c1ccco1)C2. The average molecular weight is 336 g/mol. The van der Waals surface area contributed by atoms with E-state index >= 15 is 0 Å². The van der Waals surface area contributed by atoms with Gasteiger partial charge in [0.1, 0.15) is 0 Å². The van der Waals surface area contributed by atoms with Crippen molar-refractivity contribution in [3.63, 3.8) is 0 Å². The summed E-state index contributed by atoms with van der Waals surface area (Å²) in [6.07, 6.45) is 4.66. The lowest BCUT2D eigenvalue weighted by atomic mass is 9.73. The lowest BCUT2D eigenvalue weighted by Crippen LogP contribution is -2.58. The van der Waals surface area contributed by atoms with Crippen molar-refractivity contribution < 1.29 is 18.7 Å². The van der Waals surface area contributed by atoms with Gasteiger partial charge in [-0.1, -0.05) is 0 Å². The van der Waals surface area contributed by atoms with Gasteiger partial charge in [-0.05, 0) is 45.5 Å². The molecule has 1 amide bonds. The van der Waals surface area contributed by atoms with Crippen LogP contribution in [0.4, 0.5) is 0 Å². The Hall–Kier alpha value is -1.37. The summed E-state index contributed by atoms with van der Waals surface area (Å²) in [5, 5.41) is 0. The van der Waals surface area contributed by atoms with Gasteiger partial charge in [0.2, 0.25) is 0 Å². The fourth-order valence-electron chi connectivity index (χ4n) is 3.75. The smallest absolute Gasteiger partial charge is 0.289 e. The van der Waals surface area contributed by atoms with Crippen molar-refractivity contribution in [1.29, 1.82) is 0 Å². The Balaban J connectivity index is 1.66. The number of fused-ring (bicyclic) bond motifs is 1. The Morgan fingerprint density at radius 3 is 3.12 bits per heavy atom. The van der Waals surface area contributed by atoms with Crippen molar-refractivity contribution >= 4 is 5.91 Å². The predicted molar refractivity (Wildman–Crippen MR) is 90.0 cm³/mol. The summed E-state index contributed by atoms with van der Waals surface area (Å²) in [5.41, 5.74) is -0.0922. The molecule has 0 aliphatic carbocycles. The minimum atomic E-state index is -0.0922. The van der Waals surface area contributed by atoms with E-state index in [-0.39, 0.29) is 17.4 Å². The molecule has 134 valence electrons. The molecule has 0 unspecified atom stereocenters. The third-order valence-electron chi connectivity index (χ3n) is 5.08. The third kappa shape index (κ3) is 3.82. The van der Waals surface area contributed by atoms with Crippen LogP contribution in [0.2, 0.25) is 0 Å². The Morgan fingerprint density at radius 2 is 2.38 bits per heavy atom. The van der Waals surface area contributed by atoms with Gasteiger partial charge < -0.3 is 23.7 Å². The van der Waals surface area contributed by atoms with E-state index in [9.17, 15) is 4.79 Å². The van der Waals surface area contributed by atoms with Crippen LogP contribution >= 0.6 is 0 Å². The molecule has 1 aromatic rings. The Kier molecular flexibility index (Phi) is 5.58. The first-order valence-electron chi connectivity index (χ1n) is 8.78. The Labute approximate surface area is 143 Å². The predicted octanol–water partition coefficient (Wildman–Crippen LogP) is 1.87. The lowest BCUT2D eigenvalue weighted by Gasteiger charge is -2.50. The van der Waals surface area contributed by atoms with Crippen LogP contribution in [0.1, 0.15) is 29.8 Å². The van der Waals surface area contributed by atoms with E-state index in [1.165, 1.54) is 0 Å². The van der Waals surface area contributed by atoms with Crippen LogP contribution < -0.4 is 0 Å². The summed E-state index contributed by atoms with van der Waals surface area (Å²) in [4.78, 5) is 16.7. The highest BCUT2D eigenvalue weighted by Crippen LogP contribution is 2.40. The van der Waals surface area contributed by atoms with Crippen LogP contribution in [-0.2, 0) is 9.47 Å². The van der Waals surface area contributed by atoms with Crippen LogP contribution in [0.3, 0.4) is 0 Å². The van der Waals surface area contributed by atoms with E-state index in [1.54, 1.807) is 18.4 Å². The van der Waals surface area contributed by atoms with E-state index in [0.29, 0.717) is 32.1 Å². The summed E-state index contributed by atoms with van der Waals surface area (Å²) in [6.45, 7) is 4.46. The van der Waals surface area contributed by atoms with E-state index in [2.05, 4.69) is 4.90 Å². The maximum Gasteiger partial charge on any atom is 0.289 e. The molecule has 0 radical (unpaired) electrons.